The van der Waals surface area contributed by atoms with Gasteiger partial charge in [0.05, 0.1) is 0 Å². The second-order valence-electron chi connectivity index (χ2n) is 4.51. The third-order valence-electron chi connectivity index (χ3n) is 3.69. The first-order chi connectivity index (χ1) is 5.62. The Labute approximate surface area is 71.9 Å². The third-order valence-corrected chi connectivity index (χ3v) is 3.69. The molecule has 2 aliphatic heterocycles. The zero-order chi connectivity index (χ0) is 8.40. The van der Waals surface area contributed by atoms with Gasteiger partial charge in [-0.15, -0.1) is 0 Å². The fourth-order valence-electron chi connectivity index (χ4n) is 2.84. The molecule has 0 aromatic rings. The molecule has 3 rings (SSSR count). The molecule has 0 aromatic carbocycles. The summed E-state index contributed by atoms with van der Waals surface area (Å²) < 4.78 is 5.81. The minimum absolute atomic E-state index is 0.457. The van der Waals surface area contributed by atoms with Crippen LogP contribution in [-0.4, -0.2) is 11.6 Å². The SMILES string of the molecule is C[C@]12OO[C@](C)(O1)[C@H]1CC[C@@H]2C1. The Morgan fingerprint density at radius 2 is 1.50 bits per heavy atom. The summed E-state index contributed by atoms with van der Waals surface area (Å²) in [6.07, 6.45) is 3.65. The van der Waals surface area contributed by atoms with Crippen LogP contribution in [0.1, 0.15) is 33.1 Å². The van der Waals surface area contributed by atoms with Gasteiger partial charge in [0, 0.05) is 11.8 Å². The smallest absolute Gasteiger partial charge is 0.204 e. The molecule has 0 amide bonds. The van der Waals surface area contributed by atoms with Crippen LogP contribution in [0.2, 0.25) is 0 Å². The van der Waals surface area contributed by atoms with Gasteiger partial charge in [-0.05, 0) is 33.1 Å². The van der Waals surface area contributed by atoms with Crippen LogP contribution in [-0.2, 0) is 14.5 Å². The Bertz CT molecular complexity index is 208. The first kappa shape index (κ1) is 7.30. The summed E-state index contributed by atoms with van der Waals surface area (Å²) in [5.74, 6) is 0.167. The molecule has 0 spiro atoms. The van der Waals surface area contributed by atoms with E-state index in [-0.39, 0.29) is 0 Å². The van der Waals surface area contributed by atoms with E-state index < -0.39 is 11.6 Å². The van der Waals surface area contributed by atoms with Crippen LogP contribution in [0.4, 0.5) is 0 Å². The van der Waals surface area contributed by atoms with Crippen LogP contribution < -0.4 is 0 Å². The van der Waals surface area contributed by atoms with E-state index in [4.69, 9.17) is 14.5 Å². The topological polar surface area (TPSA) is 27.7 Å². The van der Waals surface area contributed by atoms with E-state index in [1.54, 1.807) is 0 Å². The fourth-order valence-corrected chi connectivity index (χ4v) is 2.84. The molecular formula is C9H14O3. The van der Waals surface area contributed by atoms with Crippen LogP contribution in [0.5, 0.6) is 0 Å². The molecule has 0 radical (unpaired) electrons. The molecule has 68 valence electrons. The van der Waals surface area contributed by atoms with Gasteiger partial charge < -0.3 is 4.74 Å². The summed E-state index contributed by atoms with van der Waals surface area (Å²) >= 11 is 0. The first-order valence-corrected chi connectivity index (χ1v) is 4.69. The Morgan fingerprint density at radius 3 is 2.00 bits per heavy atom. The molecule has 3 nitrogen and oxygen atoms in total. The molecule has 0 unspecified atom stereocenters. The highest BCUT2D eigenvalue weighted by Gasteiger charge is 2.63. The minimum Gasteiger partial charge on any atom is -0.312 e. The average Bonchev–Trinajstić information content (AvgIpc) is 2.53. The molecule has 0 N–H and O–H groups in total. The summed E-state index contributed by atoms with van der Waals surface area (Å²) in [4.78, 5) is 10.6. The van der Waals surface area contributed by atoms with Crippen molar-refractivity contribution in [2.45, 2.75) is 44.7 Å². The molecule has 3 fully saturated rings. The Morgan fingerprint density at radius 1 is 1.00 bits per heavy atom. The molecule has 0 aromatic heterocycles. The van der Waals surface area contributed by atoms with Gasteiger partial charge in [0.1, 0.15) is 0 Å². The second-order valence-corrected chi connectivity index (χ2v) is 4.51. The predicted molar refractivity (Wildman–Crippen MR) is 40.9 cm³/mol. The van der Waals surface area contributed by atoms with Crippen molar-refractivity contribution >= 4 is 0 Å². The van der Waals surface area contributed by atoms with Crippen molar-refractivity contribution in [1.29, 1.82) is 0 Å². The molecule has 2 saturated heterocycles. The third kappa shape index (κ3) is 0.679. The molecule has 4 atom stereocenters. The van der Waals surface area contributed by atoms with Crippen LogP contribution in [0, 0.1) is 11.8 Å². The van der Waals surface area contributed by atoms with Gasteiger partial charge >= 0.3 is 0 Å². The summed E-state index contributed by atoms with van der Waals surface area (Å²) in [6, 6.07) is 0. The van der Waals surface area contributed by atoms with Crippen molar-refractivity contribution in [2.24, 2.45) is 11.8 Å². The Balaban J connectivity index is 2.04. The fraction of sp³-hybridized carbons (Fsp3) is 1.00. The molecule has 3 aliphatic rings. The van der Waals surface area contributed by atoms with E-state index in [0.29, 0.717) is 11.8 Å². The highest BCUT2D eigenvalue weighted by Crippen LogP contribution is 2.57. The number of hydrogen-bond donors (Lipinski definition) is 0. The van der Waals surface area contributed by atoms with E-state index >= 15 is 0 Å². The summed E-state index contributed by atoms with van der Waals surface area (Å²) in [7, 11) is 0. The first-order valence-electron chi connectivity index (χ1n) is 4.69. The van der Waals surface area contributed by atoms with Gasteiger partial charge in [-0.3, -0.25) is 0 Å². The molecule has 4 bridgehead atoms. The number of fused-ring (bicyclic) bond motifs is 6. The van der Waals surface area contributed by atoms with Crippen molar-refractivity contribution in [2.75, 3.05) is 0 Å². The maximum Gasteiger partial charge on any atom is 0.204 e. The van der Waals surface area contributed by atoms with Crippen LogP contribution >= 0.6 is 0 Å². The lowest BCUT2D eigenvalue weighted by atomic mass is 9.90. The molecular weight excluding hydrogens is 156 g/mol. The quantitative estimate of drug-likeness (QED) is 0.519. The van der Waals surface area contributed by atoms with Gasteiger partial charge in [-0.1, -0.05) is 0 Å². The maximum absolute atomic E-state index is 5.81. The van der Waals surface area contributed by atoms with Gasteiger partial charge in [0.15, 0.2) is 0 Å². The van der Waals surface area contributed by atoms with Gasteiger partial charge in [0.25, 0.3) is 0 Å². The molecule has 12 heavy (non-hydrogen) atoms. The van der Waals surface area contributed by atoms with Gasteiger partial charge in [0.2, 0.25) is 11.6 Å². The normalized spacial score (nSPS) is 62.5. The van der Waals surface area contributed by atoms with Crippen LogP contribution in [0.3, 0.4) is 0 Å². The van der Waals surface area contributed by atoms with E-state index in [2.05, 4.69) is 0 Å². The molecule has 3 heteroatoms. The maximum atomic E-state index is 5.81. The van der Waals surface area contributed by atoms with Crippen molar-refractivity contribution in [3.05, 3.63) is 0 Å². The van der Waals surface area contributed by atoms with Crippen LogP contribution in [0.15, 0.2) is 0 Å². The van der Waals surface area contributed by atoms with E-state index in [1.165, 1.54) is 19.3 Å². The molecule has 1 saturated carbocycles. The zero-order valence-electron chi connectivity index (χ0n) is 7.50. The summed E-state index contributed by atoms with van der Waals surface area (Å²) in [6.45, 7) is 3.98. The average molecular weight is 170 g/mol. The molecule has 2 heterocycles. The van der Waals surface area contributed by atoms with Gasteiger partial charge in [-0.25, -0.2) is 0 Å². The Hall–Kier alpha value is -0.120. The van der Waals surface area contributed by atoms with Crippen LogP contribution in [0.25, 0.3) is 0 Å². The van der Waals surface area contributed by atoms with Gasteiger partial charge in [-0.2, -0.15) is 9.78 Å². The minimum atomic E-state index is -0.457. The largest absolute Gasteiger partial charge is 0.312 e. The highest BCUT2D eigenvalue weighted by molar-refractivity contribution is 4.97. The molecule has 1 aliphatic carbocycles. The van der Waals surface area contributed by atoms with E-state index in [9.17, 15) is 0 Å². The van der Waals surface area contributed by atoms with Crippen molar-refractivity contribution in [3.63, 3.8) is 0 Å². The second kappa shape index (κ2) is 1.86. The number of hydrogen-bond acceptors (Lipinski definition) is 3. The highest BCUT2D eigenvalue weighted by atomic mass is 17.3. The van der Waals surface area contributed by atoms with Crippen molar-refractivity contribution < 1.29 is 14.5 Å². The lowest BCUT2D eigenvalue weighted by Crippen LogP contribution is -2.44. The zero-order valence-corrected chi connectivity index (χ0v) is 7.50. The predicted octanol–water partition coefficient (Wildman–Crippen LogP) is 1.83. The summed E-state index contributed by atoms with van der Waals surface area (Å²) in [5.41, 5.74) is 0. The lowest BCUT2D eigenvalue weighted by Gasteiger charge is -2.35. The Kier molecular flexibility index (Phi) is 1.13. The lowest BCUT2D eigenvalue weighted by molar-refractivity contribution is -0.351. The van der Waals surface area contributed by atoms with Crippen molar-refractivity contribution in [3.8, 4) is 0 Å². The van der Waals surface area contributed by atoms with Crippen molar-refractivity contribution in [1.82, 2.24) is 0 Å². The standard InChI is InChI=1S/C9H14O3/c1-8-6-3-4-7(5-6)9(2,10-8)12-11-8/h6-7H,3-5H2,1-2H3/t6-,7+,8-,9+. The summed E-state index contributed by atoms with van der Waals surface area (Å²) in [5, 5.41) is 0. The number of rotatable bonds is 0. The monoisotopic (exact) mass is 170 g/mol. The number of ether oxygens (including phenoxy) is 1. The van der Waals surface area contributed by atoms with E-state index in [1.807, 2.05) is 13.8 Å². The van der Waals surface area contributed by atoms with E-state index in [0.717, 1.165) is 0 Å².